The molecule has 1 heterocycles. The zero-order valence-corrected chi connectivity index (χ0v) is 7.60. The number of benzene rings is 1. The summed E-state index contributed by atoms with van der Waals surface area (Å²) in [6.07, 6.45) is -0.0372. The highest BCUT2D eigenvalue weighted by molar-refractivity contribution is 5.45. The fourth-order valence-corrected chi connectivity index (χ4v) is 1.31. The van der Waals surface area contributed by atoms with Gasteiger partial charge in [-0.05, 0) is 6.07 Å². The van der Waals surface area contributed by atoms with E-state index in [1.807, 2.05) is 0 Å². The third kappa shape index (κ3) is 1.54. The molecule has 0 bridgehead atoms. The Morgan fingerprint density at radius 3 is 2.86 bits per heavy atom. The topological polar surface area (TPSA) is 64.9 Å². The SMILES string of the molecule is COc1ccc([N+](=O)[O-])cc1C1CO1. The minimum Gasteiger partial charge on any atom is -0.496 e. The van der Waals surface area contributed by atoms with Gasteiger partial charge in [-0.25, -0.2) is 0 Å². The van der Waals surface area contributed by atoms with E-state index in [0.717, 1.165) is 5.56 Å². The number of hydrogen-bond donors (Lipinski definition) is 0. The van der Waals surface area contributed by atoms with E-state index in [-0.39, 0.29) is 11.8 Å². The van der Waals surface area contributed by atoms with Gasteiger partial charge in [0, 0.05) is 17.7 Å². The van der Waals surface area contributed by atoms with E-state index < -0.39 is 4.92 Å². The Bertz CT molecular complexity index is 373. The summed E-state index contributed by atoms with van der Waals surface area (Å²) >= 11 is 0. The predicted molar refractivity (Wildman–Crippen MR) is 48.3 cm³/mol. The lowest BCUT2D eigenvalue weighted by Crippen LogP contribution is -1.94. The standard InChI is InChI=1S/C9H9NO4/c1-13-8-3-2-6(10(11)12)4-7(8)9-5-14-9/h2-4,9H,5H2,1H3. The van der Waals surface area contributed by atoms with E-state index in [4.69, 9.17) is 9.47 Å². The maximum atomic E-state index is 10.5. The molecule has 2 rings (SSSR count). The molecular weight excluding hydrogens is 186 g/mol. The van der Waals surface area contributed by atoms with Crippen LogP contribution in [0, 0.1) is 10.1 Å². The summed E-state index contributed by atoms with van der Waals surface area (Å²) in [7, 11) is 1.53. The lowest BCUT2D eigenvalue weighted by atomic mass is 10.1. The Balaban J connectivity index is 2.41. The van der Waals surface area contributed by atoms with E-state index in [0.29, 0.717) is 12.4 Å². The molecule has 5 heteroatoms. The molecule has 1 unspecified atom stereocenters. The maximum absolute atomic E-state index is 10.5. The first-order chi connectivity index (χ1) is 6.72. The van der Waals surface area contributed by atoms with Gasteiger partial charge in [0.1, 0.15) is 11.9 Å². The van der Waals surface area contributed by atoms with Crippen molar-refractivity contribution in [3.8, 4) is 5.75 Å². The van der Waals surface area contributed by atoms with Crippen molar-refractivity contribution in [2.24, 2.45) is 0 Å². The number of hydrogen-bond acceptors (Lipinski definition) is 4. The van der Waals surface area contributed by atoms with Gasteiger partial charge >= 0.3 is 0 Å². The molecule has 0 aliphatic carbocycles. The minimum absolute atomic E-state index is 0.0372. The number of nitrogens with zero attached hydrogens (tertiary/aromatic N) is 1. The smallest absolute Gasteiger partial charge is 0.270 e. The molecular formula is C9H9NO4. The summed E-state index contributed by atoms with van der Waals surface area (Å²) in [6, 6.07) is 4.51. The monoisotopic (exact) mass is 195 g/mol. The van der Waals surface area contributed by atoms with Crippen molar-refractivity contribution in [3.05, 3.63) is 33.9 Å². The normalized spacial score (nSPS) is 19.1. The van der Waals surface area contributed by atoms with Gasteiger partial charge in [-0.1, -0.05) is 0 Å². The largest absolute Gasteiger partial charge is 0.496 e. The van der Waals surface area contributed by atoms with Gasteiger partial charge in [-0.15, -0.1) is 0 Å². The fourth-order valence-electron chi connectivity index (χ4n) is 1.31. The van der Waals surface area contributed by atoms with Crippen molar-refractivity contribution in [1.82, 2.24) is 0 Å². The van der Waals surface area contributed by atoms with Crippen LogP contribution in [0.25, 0.3) is 0 Å². The van der Waals surface area contributed by atoms with Gasteiger partial charge in [-0.2, -0.15) is 0 Å². The number of nitro benzene ring substituents is 1. The second kappa shape index (κ2) is 3.26. The van der Waals surface area contributed by atoms with Crippen molar-refractivity contribution in [1.29, 1.82) is 0 Å². The molecule has 14 heavy (non-hydrogen) atoms. The molecule has 1 aromatic rings. The van der Waals surface area contributed by atoms with Gasteiger partial charge in [0.05, 0.1) is 18.6 Å². The molecule has 1 fully saturated rings. The highest BCUT2D eigenvalue weighted by Crippen LogP contribution is 2.38. The Morgan fingerprint density at radius 2 is 2.36 bits per heavy atom. The number of epoxide rings is 1. The van der Waals surface area contributed by atoms with Crippen molar-refractivity contribution in [2.75, 3.05) is 13.7 Å². The van der Waals surface area contributed by atoms with E-state index >= 15 is 0 Å². The molecule has 0 radical (unpaired) electrons. The molecule has 0 amide bonds. The number of rotatable bonds is 3. The molecule has 1 aliphatic heterocycles. The average molecular weight is 195 g/mol. The van der Waals surface area contributed by atoms with Crippen LogP contribution >= 0.6 is 0 Å². The maximum Gasteiger partial charge on any atom is 0.270 e. The van der Waals surface area contributed by atoms with Crippen LogP contribution in [0.1, 0.15) is 11.7 Å². The first kappa shape index (κ1) is 8.96. The van der Waals surface area contributed by atoms with Crippen molar-refractivity contribution >= 4 is 5.69 Å². The highest BCUT2D eigenvalue weighted by atomic mass is 16.6. The summed E-state index contributed by atoms with van der Waals surface area (Å²) in [4.78, 5) is 10.1. The van der Waals surface area contributed by atoms with Crippen LogP contribution < -0.4 is 4.74 Å². The first-order valence-corrected chi connectivity index (χ1v) is 4.16. The Hall–Kier alpha value is -1.62. The summed E-state index contributed by atoms with van der Waals surface area (Å²) in [5.41, 5.74) is 0.818. The number of methoxy groups -OCH3 is 1. The van der Waals surface area contributed by atoms with Crippen molar-refractivity contribution in [2.45, 2.75) is 6.10 Å². The van der Waals surface area contributed by atoms with Gasteiger partial charge < -0.3 is 9.47 Å². The molecule has 0 spiro atoms. The second-order valence-corrected chi connectivity index (χ2v) is 3.01. The van der Waals surface area contributed by atoms with Crippen LogP contribution in [0.3, 0.4) is 0 Å². The molecule has 0 aromatic heterocycles. The lowest BCUT2D eigenvalue weighted by Gasteiger charge is -2.04. The lowest BCUT2D eigenvalue weighted by molar-refractivity contribution is -0.385. The van der Waals surface area contributed by atoms with Crippen LogP contribution in [0.5, 0.6) is 5.75 Å². The zero-order valence-electron chi connectivity index (χ0n) is 7.60. The minimum atomic E-state index is -0.425. The van der Waals surface area contributed by atoms with Gasteiger partial charge in [0.25, 0.3) is 5.69 Å². The van der Waals surface area contributed by atoms with Crippen LogP contribution in [0.2, 0.25) is 0 Å². The molecule has 0 N–H and O–H groups in total. The number of nitro groups is 1. The Kier molecular flexibility index (Phi) is 2.09. The van der Waals surface area contributed by atoms with Crippen LogP contribution in [0.15, 0.2) is 18.2 Å². The van der Waals surface area contributed by atoms with E-state index in [2.05, 4.69) is 0 Å². The first-order valence-electron chi connectivity index (χ1n) is 4.16. The van der Waals surface area contributed by atoms with Gasteiger partial charge in [0.15, 0.2) is 0 Å². The third-order valence-electron chi connectivity index (χ3n) is 2.10. The molecule has 5 nitrogen and oxygen atoms in total. The molecule has 1 aromatic carbocycles. The molecule has 1 atom stereocenters. The highest BCUT2D eigenvalue weighted by Gasteiger charge is 2.29. The predicted octanol–water partition coefficient (Wildman–Crippen LogP) is 1.67. The van der Waals surface area contributed by atoms with Gasteiger partial charge in [-0.3, -0.25) is 10.1 Å². The second-order valence-electron chi connectivity index (χ2n) is 3.01. The average Bonchev–Trinajstić information content (AvgIpc) is 3.00. The number of ether oxygens (including phenoxy) is 2. The molecule has 1 saturated heterocycles. The third-order valence-corrected chi connectivity index (χ3v) is 2.10. The quantitative estimate of drug-likeness (QED) is 0.418. The molecule has 74 valence electrons. The van der Waals surface area contributed by atoms with E-state index in [1.54, 1.807) is 6.07 Å². The van der Waals surface area contributed by atoms with Crippen LogP contribution in [-0.4, -0.2) is 18.6 Å². The number of non-ortho nitro benzene ring substituents is 1. The summed E-state index contributed by atoms with van der Waals surface area (Å²) in [5, 5.41) is 10.5. The van der Waals surface area contributed by atoms with Crippen molar-refractivity contribution in [3.63, 3.8) is 0 Å². The molecule has 0 saturated carbocycles. The fraction of sp³-hybridized carbons (Fsp3) is 0.333. The van der Waals surface area contributed by atoms with Crippen LogP contribution in [0.4, 0.5) is 5.69 Å². The van der Waals surface area contributed by atoms with Crippen molar-refractivity contribution < 1.29 is 14.4 Å². The van der Waals surface area contributed by atoms with Crippen LogP contribution in [-0.2, 0) is 4.74 Å². The Labute approximate surface area is 80.4 Å². The summed E-state index contributed by atoms with van der Waals surface area (Å²) in [6.45, 7) is 0.609. The summed E-state index contributed by atoms with van der Waals surface area (Å²) < 4.78 is 10.1. The molecule has 1 aliphatic rings. The summed E-state index contributed by atoms with van der Waals surface area (Å²) in [5.74, 6) is 0.637. The van der Waals surface area contributed by atoms with E-state index in [9.17, 15) is 10.1 Å². The van der Waals surface area contributed by atoms with Gasteiger partial charge in [0.2, 0.25) is 0 Å². The zero-order chi connectivity index (χ0) is 10.1. The Morgan fingerprint density at radius 1 is 1.64 bits per heavy atom. The van der Waals surface area contributed by atoms with E-state index in [1.165, 1.54) is 19.2 Å².